The number of fused-ring (bicyclic) bond motifs is 1. The molecule has 5 rings (SSSR count). The highest BCUT2D eigenvalue weighted by atomic mass is 32.2. The van der Waals surface area contributed by atoms with Gasteiger partial charge < -0.3 is 9.47 Å². The summed E-state index contributed by atoms with van der Waals surface area (Å²) in [4.78, 5) is 4.64. The van der Waals surface area contributed by atoms with Crippen molar-refractivity contribution in [3.05, 3.63) is 97.3 Å². The molecule has 5 aromatic rings. The molecule has 7 heteroatoms. The topological polar surface area (TPSA) is 70.4 Å². The van der Waals surface area contributed by atoms with E-state index in [2.05, 4.69) is 4.98 Å². The third-order valence-corrected chi connectivity index (χ3v) is 7.44. The minimum atomic E-state index is -3.96. The third kappa shape index (κ3) is 3.60. The van der Waals surface area contributed by atoms with Crippen LogP contribution in [0.15, 0.2) is 102 Å². The first kappa shape index (κ1) is 21.7. The van der Waals surface area contributed by atoms with Crippen LogP contribution in [0.3, 0.4) is 0 Å². The van der Waals surface area contributed by atoms with Crippen LogP contribution in [0, 0.1) is 0 Å². The van der Waals surface area contributed by atoms with Crippen LogP contribution in [0.25, 0.3) is 33.3 Å². The molecular weight excluding hydrogens is 448 g/mol. The Morgan fingerprint density at radius 1 is 0.735 bits per heavy atom. The Balaban J connectivity index is 1.73. The fraction of sp³-hybridized carbons (Fsp3) is 0.0741. The molecule has 0 unspecified atom stereocenters. The molecule has 0 fully saturated rings. The van der Waals surface area contributed by atoms with Gasteiger partial charge >= 0.3 is 0 Å². The van der Waals surface area contributed by atoms with Crippen molar-refractivity contribution < 1.29 is 17.9 Å². The summed E-state index contributed by atoms with van der Waals surface area (Å²) >= 11 is 0. The van der Waals surface area contributed by atoms with Crippen LogP contribution < -0.4 is 9.47 Å². The number of benzene rings is 3. The third-order valence-electron chi connectivity index (χ3n) is 5.74. The van der Waals surface area contributed by atoms with Crippen LogP contribution in [-0.2, 0) is 10.0 Å². The van der Waals surface area contributed by atoms with Crippen LogP contribution in [0.4, 0.5) is 0 Å². The second-order valence-corrected chi connectivity index (χ2v) is 9.43. The standard InChI is InChI=1S/C27H22N2O4S/c1-32-24-15-14-20(17-25(24)33-2)23-18-29(27-22(23)12-8-16-28-27)34(30,31)26-13-7-6-11-21(26)19-9-4-3-5-10-19/h3-18H,1-2H3. The Kier molecular flexibility index (Phi) is 5.55. The molecule has 0 saturated heterocycles. The summed E-state index contributed by atoms with van der Waals surface area (Å²) < 4.78 is 40.0. The summed E-state index contributed by atoms with van der Waals surface area (Å²) in [5, 5.41) is 0.718. The molecule has 34 heavy (non-hydrogen) atoms. The Morgan fingerprint density at radius 2 is 1.47 bits per heavy atom. The van der Waals surface area contributed by atoms with Gasteiger partial charge in [-0.3, -0.25) is 0 Å². The van der Waals surface area contributed by atoms with Crippen molar-refractivity contribution >= 4 is 21.1 Å². The summed E-state index contributed by atoms with van der Waals surface area (Å²) in [5.41, 5.74) is 3.33. The highest BCUT2D eigenvalue weighted by molar-refractivity contribution is 7.90. The summed E-state index contributed by atoms with van der Waals surface area (Å²) in [7, 11) is -0.821. The van der Waals surface area contributed by atoms with E-state index in [0.717, 1.165) is 22.1 Å². The monoisotopic (exact) mass is 470 g/mol. The Labute approximate surface area is 198 Å². The first-order valence-corrected chi connectivity index (χ1v) is 12.1. The lowest BCUT2D eigenvalue weighted by Gasteiger charge is -2.12. The smallest absolute Gasteiger partial charge is 0.270 e. The van der Waals surface area contributed by atoms with Crippen LogP contribution in [0.5, 0.6) is 11.5 Å². The molecule has 0 amide bonds. The molecule has 0 N–H and O–H groups in total. The fourth-order valence-corrected chi connectivity index (χ4v) is 5.65. The van der Waals surface area contributed by atoms with Gasteiger partial charge in [-0.1, -0.05) is 54.6 Å². The van der Waals surface area contributed by atoms with Gasteiger partial charge in [0.15, 0.2) is 17.1 Å². The van der Waals surface area contributed by atoms with E-state index in [9.17, 15) is 8.42 Å². The number of pyridine rings is 1. The van der Waals surface area contributed by atoms with E-state index in [-0.39, 0.29) is 4.90 Å². The molecule has 0 bridgehead atoms. The van der Waals surface area contributed by atoms with Gasteiger partial charge in [0.05, 0.1) is 19.1 Å². The van der Waals surface area contributed by atoms with Crippen LogP contribution in [0.1, 0.15) is 0 Å². The molecule has 0 radical (unpaired) electrons. The normalized spacial score (nSPS) is 11.5. The van der Waals surface area contributed by atoms with Crippen molar-refractivity contribution in [3.63, 3.8) is 0 Å². The highest BCUT2D eigenvalue weighted by Gasteiger charge is 2.25. The number of hydrogen-bond acceptors (Lipinski definition) is 5. The minimum Gasteiger partial charge on any atom is -0.493 e. The number of hydrogen-bond donors (Lipinski definition) is 0. The summed E-state index contributed by atoms with van der Waals surface area (Å²) in [6.07, 6.45) is 3.21. The van der Waals surface area contributed by atoms with Crippen LogP contribution in [-0.4, -0.2) is 31.6 Å². The number of nitrogens with zero attached hydrogens (tertiary/aromatic N) is 2. The molecule has 0 atom stereocenters. The molecule has 2 aromatic heterocycles. The largest absolute Gasteiger partial charge is 0.493 e. The molecule has 0 saturated carbocycles. The van der Waals surface area contributed by atoms with Crippen molar-refractivity contribution in [1.82, 2.24) is 8.96 Å². The lowest BCUT2D eigenvalue weighted by molar-refractivity contribution is 0.355. The van der Waals surface area contributed by atoms with Crippen LogP contribution >= 0.6 is 0 Å². The first-order chi connectivity index (χ1) is 16.5. The van der Waals surface area contributed by atoms with Gasteiger partial charge in [0.1, 0.15) is 0 Å². The van der Waals surface area contributed by atoms with E-state index in [1.807, 2.05) is 60.7 Å². The SMILES string of the molecule is COc1ccc(-c2cn(S(=O)(=O)c3ccccc3-c3ccccc3)c3ncccc23)cc1OC. The van der Waals surface area contributed by atoms with Gasteiger partial charge in [-0.15, -0.1) is 0 Å². The average Bonchev–Trinajstić information content (AvgIpc) is 3.29. The number of rotatable bonds is 6. The van der Waals surface area contributed by atoms with Gasteiger partial charge in [-0.25, -0.2) is 17.4 Å². The van der Waals surface area contributed by atoms with Gasteiger partial charge in [-0.2, -0.15) is 0 Å². The first-order valence-electron chi connectivity index (χ1n) is 10.6. The molecule has 0 aliphatic heterocycles. The summed E-state index contributed by atoms with van der Waals surface area (Å²) in [5.74, 6) is 1.15. The van der Waals surface area contributed by atoms with Gasteiger partial charge in [0.25, 0.3) is 10.0 Å². The molecule has 0 spiro atoms. The Morgan fingerprint density at radius 3 is 2.24 bits per heavy atom. The van der Waals surface area contributed by atoms with Gasteiger partial charge in [0, 0.05) is 28.9 Å². The van der Waals surface area contributed by atoms with Gasteiger partial charge in [0.2, 0.25) is 0 Å². The number of ether oxygens (including phenoxy) is 2. The van der Waals surface area contributed by atoms with E-state index in [1.54, 1.807) is 50.9 Å². The van der Waals surface area contributed by atoms with Crippen molar-refractivity contribution in [2.24, 2.45) is 0 Å². The van der Waals surface area contributed by atoms with Crippen molar-refractivity contribution in [1.29, 1.82) is 0 Å². The van der Waals surface area contributed by atoms with Crippen molar-refractivity contribution in [3.8, 4) is 33.8 Å². The van der Waals surface area contributed by atoms with E-state index >= 15 is 0 Å². The second-order valence-electron chi connectivity index (χ2n) is 7.65. The predicted molar refractivity (Wildman–Crippen MR) is 133 cm³/mol. The van der Waals surface area contributed by atoms with Crippen molar-refractivity contribution in [2.45, 2.75) is 4.90 Å². The number of methoxy groups -OCH3 is 2. The summed E-state index contributed by atoms with van der Waals surface area (Å²) in [6.45, 7) is 0. The number of aromatic nitrogens is 2. The van der Waals surface area contributed by atoms with Crippen molar-refractivity contribution in [2.75, 3.05) is 14.2 Å². The zero-order valence-electron chi connectivity index (χ0n) is 18.7. The molecule has 0 aliphatic rings. The lowest BCUT2D eigenvalue weighted by atomic mass is 10.1. The van der Waals surface area contributed by atoms with E-state index < -0.39 is 10.0 Å². The maximum absolute atomic E-state index is 14.0. The predicted octanol–water partition coefficient (Wildman–Crippen LogP) is 5.62. The zero-order chi connectivity index (χ0) is 23.7. The average molecular weight is 471 g/mol. The zero-order valence-corrected chi connectivity index (χ0v) is 19.5. The maximum atomic E-state index is 14.0. The second kappa shape index (κ2) is 8.68. The van der Waals surface area contributed by atoms with Crippen LogP contribution in [0.2, 0.25) is 0 Å². The molecule has 0 aliphatic carbocycles. The summed E-state index contributed by atoms with van der Waals surface area (Å²) in [6, 6.07) is 25.6. The fourth-order valence-electron chi connectivity index (χ4n) is 4.10. The molecular formula is C27H22N2O4S. The van der Waals surface area contributed by atoms with E-state index in [4.69, 9.17) is 9.47 Å². The molecule has 170 valence electrons. The van der Waals surface area contributed by atoms with E-state index in [0.29, 0.717) is 22.7 Å². The molecule has 6 nitrogen and oxygen atoms in total. The van der Waals surface area contributed by atoms with Gasteiger partial charge in [-0.05, 0) is 41.5 Å². The minimum absolute atomic E-state index is 0.211. The maximum Gasteiger partial charge on any atom is 0.270 e. The lowest BCUT2D eigenvalue weighted by Crippen LogP contribution is -2.13. The molecule has 3 aromatic carbocycles. The highest BCUT2D eigenvalue weighted by Crippen LogP contribution is 2.38. The Bertz CT molecular complexity index is 1590. The quantitative estimate of drug-likeness (QED) is 0.322. The Hall–Kier alpha value is -4.10. The molecule has 2 heterocycles. The van der Waals surface area contributed by atoms with E-state index in [1.165, 1.54) is 3.97 Å².